The van der Waals surface area contributed by atoms with Crippen molar-refractivity contribution in [3.63, 3.8) is 0 Å². The Balaban J connectivity index is 1.46. The smallest absolute Gasteiger partial charge is 0.330 e. The number of hydrogen-bond acceptors (Lipinski definition) is 7. The largest absolute Gasteiger partial charge is 0.505 e. The fourth-order valence-corrected chi connectivity index (χ4v) is 4.51. The number of hydrogen-bond donors (Lipinski definition) is 3. The Kier molecular flexibility index (Phi) is 5.69. The molecule has 2 saturated carbocycles. The number of aliphatic hydroxyl groups excluding tert-OH is 1. The summed E-state index contributed by atoms with van der Waals surface area (Å²) < 4.78 is 20.3. The van der Waals surface area contributed by atoms with Crippen molar-refractivity contribution in [2.45, 2.75) is 70.2 Å². The number of ether oxygens (including phenoxy) is 1. The molecule has 0 unspecified atom stereocenters. The lowest BCUT2D eigenvalue weighted by atomic mass is 9.93. The number of fused-ring (bicyclic) bond motifs is 1. The third kappa shape index (κ3) is 4.27. The number of aliphatic hydroxyl groups is 1. The maximum absolute atomic E-state index is 14.9. The number of phenols is 1. The highest BCUT2D eigenvalue weighted by molar-refractivity contribution is 6.06. The monoisotopic (exact) mass is 457 g/mol. The van der Waals surface area contributed by atoms with E-state index < -0.39 is 11.6 Å². The predicted molar refractivity (Wildman–Crippen MR) is 120 cm³/mol. The summed E-state index contributed by atoms with van der Waals surface area (Å²) in [6.45, 7) is 2.22. The maximum atomic E-state index is 14.9. The van der Waals surface area contributed by atoms with Crippen LogP contribution in [0.25, 0.3) is 0 Å². The lowest BCUT2D eigenvalue weighted by Crippen LogP contribution is -2.49. The van der Waals surface area contributed by atoms with Crippen molar-refractivity contribution in [2.75, 3.05) is 21.7 Å². The molecule has 0 saturated heterocycles. The van der Waals surface area contributed by atoms with E-state index in [1.807, 2.05) is 0 Å². The first-order valence-corrected chi connectivity index (χ1v) is 11.5. The average Bonchev–Trinajstić information content (AvgIpc) is 3.63. The fourth-order valence-electron chi connectivity index (χ4n) is 4.51. The summed E-state index contributed by atoms with van der Waals surface area (Å²) in [5, 5.41) is 23.1. The van der Waals surface area contributed by atoms with Crippen LogP contribution < -0.4 is 19.9 Å². The summed E-state index contributed by atoms with van der Waals surface area (Å²) in [7, 11) is 0. The first-order chi connectivity index (χ1) is 15.9. The summed E-state index contributed by atoms with van der Waals surface area (Å²) in [5.74, 6) is -0.163. The van der Waals surface area contributed by atoms with E-state index in [2.05, 4.69) is 15.3 Å². The molecule has 3 aliphatic rings. The van der Waals surface area contributed by atoms with Gasteiger partial charge in [-0.3, -0.25) is 9.80 Å². The Labute approximate surface area is 191 Å². The first-order valence-electron chi connectivity index (χ1n) is 11.5. The molecule has 1 aromatic carbocycles. The van der Waals surface area contributed by atoms with Gasteiger partial charge in [0.15, 0.2) is 11.6 Å². The van der Waals surface area contributed by atoms with E-state index >= 15 is 0 Å². The molecule has 2 aromatic rings. The molecule has 2 heterocycles. The lowest BCUT2D eigenvalue weighted by Gasteiger charge is -2.36. The SMILES string of the molecule is CCOc1cc(O)c(F)c(N2Cc3cnc(NC4CCC(O)CC4)nc3N(C3CC3)C2=O)c1. The number of urea groups is 1. The molecular formula is C23H28FN5O4. The second kappa shape index (κ2) is 8.66. The molecule has 176 valence electrons. The molecule has 10 heteroatoms. The van der Waals surface area contributed by atoms with E-state index in [9.17, 15) is 19.4 Å². The van der Waals surface area contributed by atoms with Gasteiger partial charge in [-0.05, 0) is 45.4 Å². The van der Waals surface area contributed by atoms with Crippen LogP contribution in [0.2, 0.25) is 0 Å². The Bertz CT molecular complexity index is 1060. The van der Waals surface area contributed by atoms with Gasteiger partial charge in [0.05, 0.1) is 24.9 Å². The minimum Gasteiger partial charge on any atom is -0.505 e. The van der Waals surface area contributed by atoms with Gasteiger partial charge in [-0.2, -0.15) is 4.98 Å². The van der Waals surface area contributed by atoms with Crippen LogP contribution in [0, 0.1) is 5.82 Å². The number of carbonyl (C=O) groups excluding carboxylic acids is 1. The second-order valence-corrected chi connectivity index (χ2v) is 8.87. The van der Waals surface area contributed by atoms with Gasteiger partial charge in [0.25, 0.3) is 0 Å². The number of aromatic nitrogens is 2. The highest BCUT2D eigenvalue weighted by atomic mass is 19.1. The molecule has 2 aliphatic carbocycles. The molecule has 5 rings (SSSR count). The molecule has 3 N–H and O–H groups in total. The molecule has 0 bridgehead atoms. The molecule has 9 nitrogen and oxygen atoms in total. The summed E-state index contributed by atoms with van der Waals surface area (Å²) >= 11 is 0. The van der Waals surface area contributed by atoms with Gasteiger partial charge in [-0.15, -0.1) is 0 Å². The topological polar surface area (TPSA) is 111 Å². The lowest BCUT2D eigenvalue weighted by molar-refractivity contribution is 0.126. The van der Waals surface area contributed by atoms with Gasteiger partial charge in [0, 0.05) is 36.0 Å². The number of benzene rings is 1. The van der Waals surface area contributed by atoms with E-state index in [0.717, 1.165) is 38.5 Å². The van der Waals surface area contributed by atoms with Crippen LogP contribution in [0.3, 0.4) is 0 Å². The number of carbonyl (C=O) groups is 1. The zero-order valence-corrected chi connectivity index (χ0v) is 18.5. The zero-order valence-electron chi connectivity index (χ0n) is 18.5. The van der Waals surface area contributed by atoms with E-state index in [-0.39, 0.29) is 42.2 Å². The number of nitrogens with one attached hydrogen (secondary N) is 1. The standard InChI is InChI=1S/C23H28FN5O4/c1-2-33-17-9-18(20(24)19(31)10-17)28-12-13-11-25-22(26-14-3-7-16(30)8-4-14)27-21(13)29(23(28)32)15-5-6-15/h9-11,14-16,30-31H,2-8,12H2,1H3,(H,25,26,27). The Morgan fingerprint density at radius 1 is 1.21 bits per heavy atom. The quantitative estimate of drug-likeness (QED) is 0.608. The average molecular weight is 458 g/mol. The van der Waals surface area contributed by atoms with Crippen molar-refractivity contribution in [3.8, 4) is 11.5 Å². The highest BCUT2D eigenvalue weighted by Gasteiger charge is 2.43. The van der Waals surface area contributed by atoms with Gasteiger partial charge in [0.1, 0.15) is 11.6 Å². The van der Waals surface area contributed by atoms with Crippen LogP contribution >= 0.6 is 0 Å². The number of aromatic hydroxyl groups is 1. The first kappa shape index (κ1) is 21.7. The van der Waals surface area contributed by atoms with Crippen molar-refractivity contribution in [1.29, 1.82) is 0 Å². The van der Waals surface area contributed by atoms with Crippen molar-refractivity contribution >= 4 is 23.5 Å². The minimum absolute atomic E-state index is 0.00152. The molecule has 1 aliphatic heterocycles. The van der Waals surface area contributed by atoms with Crippen molar-refractivity contribution in [2.24, 2.45) is 0 Å². The van der Waals surface area contributed by atoms with Crippen LogP contribution in [0.4, 0.5) is 26.6 Å². The number of anilines is 3. The third-order valence-electron chi connectivity index (χ3n) is 6.39. The normalized spacial score (nSPS) is 22.8. The van der Waals surface area contributed by atoms with E-state index in [0.29, 0.717) is 23.9 Å². The van der Waals surface area contributed by atoms with Gasteiger partial charge >= 0.3 is 6.03 Å². The van der Waals surface area contributed by atoms with Crippen LogP contribution in [0.5, 0.6) is 11.5 Å². The van der Waals surface area contributed by atoms with Gasteiger partial charge < -0.3 is 20.3 Å². The minimum atomic E-state index is -0.871. The molecule has 0 spiro atoms. The Morgan fingerprint density at radius 3 is 2.67 bits per heavy atom. The highest BCUT2D eigenvalue weighted by Crippen LogP contribution is 2.41. The number of rotatable bonds is 6. The van der Waals surface area contributed by atoms with E-state index in [1.54, 1.807) is 18.0 Å². The van der Waals surface area contributed by atoms with E-state index in [1.165, 1.54) is 17.0 Å². The summed E-state index contributed by atoms with van der Waals surface area (Å²) in [5.41, 5.74) is 0.662. The summed E-state index contributed by atoms with van der Waals surface area (Å²) in [6, 6.07) is 2.42. The van der Waals surface area contributed by atoms with E-state index in [4.69, 9.17) is 4.74 Å². The molecule has 2 fully saturated rings. The summed E-state index contributed by atoms with van der Waals surface area (Å²) in [6.07, 6.45) is 6.26. The molecule has 0 atom stereocenters. The number of halogens is 1. The predicted octanol–water partition coefficient (Wildman–Crippen LogP) is 3.54. The fraction of sp³-hybridized carbons (Fsp3) is 0.522. The van der Waals surface area contributed by atoms with Crippen LogP contribution in [0.15, 0.2) is 18.3 Å². The van der Waals surface area contributed by atoms with Crippen LogP contribution in [-0.4, -0.2) is 51.0 Å². The molecule has 2 amide bonds. The second-order valence-electron chi connectivity index (χ2n) is 8.87. The summed E-state index contributed by atoms with van der Waals surface area (Å²) in [4.78, 5) is 25.5. The third-order valence-corrected chi connectivity index (χ3v) is 6.39. The van der Waals surface area contributed by atoms with Gasteiger partial charge in [0.2, 0.25) is 5.95 Å². The molecule has 33 heavy (non-hydrogen) atoms. The van der Waals surface area contributed by atoms with Gasteiger partial charge in [-0.1, -0.05) is 0 Å². The van der Waals surface area contributed by atoms with Gasteiger partial charge in [-0.25, -0.2) is 14.2 Å². The number of amides is 2. The molecule has 0 radical (unpaired) electrons. The molecule has 1 aromatic heterocycles. The van der Waals surface area contributed by atoms with Crippen molar-refractivity contribution in [3.05, 3.63) is 29.7 Å². The van der Waals surface area contributed by atoms with Crippen LogP contribution in [0.1, 0.15) is 51.0 Å². The zero-order chi connectivity index (χ0) is 23.1. The van der Waals surface area contributed by atoms with Crippen molar-refractivity contribution < 1.29 is 24.1 Å². The van der Waals surface area contributed by atoms with Crippen LogP contribution in [-0.2, 0) is 6.54 Å². The number of phenolic OH excluding ortho intramolecular Hbond substituents is 1. The Hall–Kier alpha value is -3.14. The maximum Gasteiger partial charge on any atom is 0.330 e. The Morgan fingerprint density at radius 2 is 1.97 bits per heavy atom. The molecular weight excluding hydrogens is 429 g/mol. The van der Waals surface area contributed by atoms with Crippen molar-refractivity contribution in [1.82, 2.24) is 9.97 Å². The number of nitrogens with zero attached hydrogens (tertiary/aromatic N) is 4.